The maximum atomic E-state index is 12.9. The largest absolute Gasteiger partial charge is 0.365 e. The second-order valence-corrected chi connectivity index (χ2v) is 5.41. The summed E-state index contributed by atoms with van der Waals surface area (Å²) in [7, 11) is 0. The maximum Gasteiger partial charge on any atom is 0.275 e. The maximum absolute atomic E-state index is 12.9. The first-order valence-corrected chi connectivity index (χ1v) is 7.76. The number of nitrogens with one attached hydrogen (secondary N) is 2. The third kappa shape index (κ3) is 4.39. The minimum absolute atomic E-state index is 0.168. The Bertz CT molecular complexity index is 932. The Labute approximate surface area is 149 Å². The Hall–Kier alpha value is -3.79. The van der Waals surface area contributed by atoms with Crippen molar-refractivity contribution in [2.45, 2.75) is 6.54 Å². The van der Waals surface area contributed by atoms with Crippen LogP contribution in [0.2, 0.25) is 0 Å². The van der Waals surface area contributed by atoms with Crippen LogP contribution in [0.15, 0.2) is 60.9 Å². The molecule has 0 bridgehead atoms. The van der Waals surface area contributed by atoms with E-state index in [1.54, 1.807) is 36.4 Å². The van der Waals surface area contributed by atoms with Gasteiger partial charge < -0.3 is 10.6 Å². The first-order valence-electron chi connectivity index (χ1n) is 7.76. The second-order valence-electron chi connectivity index (χ2n) is 5.41. The van der Waals surface area contributed by atoms with Crippen LogP contribution in [0, 0.1) is 17.1 Å². The molecule has 26 heavy (non-hydrogen) atoms. The molecule has 2 aromatic carbocycles. The molecule has 1 heterocycles. The number of hydrogen-bond donors (Lipinski definition) is 2. The molecule has 0 aliphatic heterocycles. The zero-order valence-electron chi connectivity index (χ0n) is 13.6. The van der Waals surface area contributed by atoms with Crippen molar-refractivity contribution >= 4 is 17.4 Å². The third-order valence-corrected chi connectivity index (χ3v) is 3.54. The van der Waals surface area contributed by atoms with E-state index < -0.39 is 5.91 Å². The summed E-state index contributed by atoms with van der Waals surface area (Å²) in [5.74, 6) is -0.178. The first-order chi connectivity index (χ1) is 12.6. The summed E-state index contributed by atoms with van der Waals surface area (Å²) in [6.45, 7) is 0.464. The lowest BCUT2D eigenvalue weighted by molar-refractivity contribution is 0.102. The molecule has 0 saturated carbocycles. The van der Waals surface area contributed by atoms with Crippen LogP contribution < -0.4 is 10.6 Å². The van der Waals surface area contributed by atoms with Crippen LogP contribution in [0.4, 0.5) is 15.9 Å². The van der Waals surface area contributed by atoms with Crippen LogP contribution in [0.3, 0.4) is 0 Å². The Balaban J connectivity index is 1.58. The zero-order valence-corrected chi connectivity index (χ0v) is 13.6. The van der Waals surface area contributed by atoms with Gasteiger partial charge in [-0.25, -0.2) is 14.4 Å². The number of carbonyl (C=O) groups excluding carboxylic acids is 1. The molecule has 0 unspecified atom stereocenters. The highest BCUT2D eigenvalue weighted by molar-refractivity contribution is 6.02. The Morgan fingerprint density at radius 1 is 1.04 bits per heavy atom. The van der Waals surface area contributed by atoms with Gasteiger partial charge in [-0.1, -0.05) is 12.1 Å². The van der Waals surface area contributed by atoms with E-state index in [4.69, 9.17) is 5.26 Å². The average Bonchev–Trinajstić information content (AvgIpc) is 2.68. The lowest BCUT2D eigenvalue weighted by atomic mass is 10.2. The molecular weight excluding hydrogens is 333 g/mol. The standard InChI is InChI=1S/C19H14FN5O/c20-15-5-1-14(2-6-15)10-23-18-12-22-17(11-24-18)19(26)25-16-7-3-13(9-21)4-8-16/h1-8,11-12H,10H2,(H,23,24)(H,25,26). The van der Waals surface area contributed by atoms with Gasteiger partial charge in [-0.2, -0.15) is 5.26 Å². The molecule has 3 aromatic rings. The highest BCUT2D eigenvalue weighted by Gasteiger charge is 2.08. The number of nitrogens with zero attached hydrogens (tertiary/aromatic N) is 3. The number of hydrogen-bond acceptors (Lipinski definition) is 5. The van der Waals surface area contributed by atoms with Crippen molar-refractivity contribution in [2.24, 2.45) is 0 Å². The molecular formula is C19H14FN5O. The lowest BCUT2D eigenvalue weighted by Gasteiger charge is -2.07. The van der Waals surface area contributed by atoms with Crippen molar-refractivity contribution in [2.75, 3.05) is 10.6 Å². The first kappa shape index (κ1) is 17.0. The van der Waals surface area contributed by atoms with E-state index in [9.17, 15) is 9.18 Å². The van der Waals surface area contributed by atoms with E-state index >= 15 is 0 Å². The molecule has 2 N–H and O–H groups in total. The number of benzene rings is 2. The average molecular weight is 347 g/mol. The Kier molecular flexibility index (Phi) is 5.15. The fourth-order valence-corrected chi connectivity index (χ4v) is 2.15. The predicted molar refractivity (Wildman–Crippen MR) is 94.9 cm³/mol. The van der Waals surface area contributed by atoms with Gasteiger partial charge in [0.25, 0.3) is 5.91 Å². The third-order valence-electron chi connectivity index (χ3n) is 3.54. The van der Waals surface area contributed by atoms with Gasteiger partial charge in [0.2, 0.25) is 0 Å². The molecule has 0 radical (unpaired) electrons. The SMILES string of the molecule is N#Cc1ccc(NC(=O)c2cnc(NCc3ccc(F)cc3)cn2)cc1. The Morgan fingerprint density at radius 2 is 1.77 bits per heavy atom. The minimum atomic E-state index is -0.396. The summed E-state index contributed by atoms with van der Waals surface area (Å²) in [5.41, 5.74) is 2.14. The van der Waals surface area contributed by atoms with Gasteiger partial charge in [0.15, 0.2) is 0 Å². The van der Waals surface area contributed by atoms with Crippen LogP contribution in [0.5, 0.6) is 0 Å². The molecule has 0 fully saturated rings. The summed E-state index contributed by atoms with van der Waals surface area (Å²) < 4.78 is 12.9. The number of anilines is 2. The van der Waals surface area contributed by atoms with Gasteiger partial charge in [-0.3, -0.25) is 4.79 Å². The molecule has 0 atom stereocenters. The van der Waals surface area contributed by atoms with E-state index in [1.807, 2.05) is 6.07 Å². The lowest BCUT2D eigenvalue weighted by Crippen LogP contribution is -2.14. The molecule has 0 aliphatic carbocycles. The molecule has 0 spiro atoms. The number of nitriles is 1. The van der Waals surface area contributed by atoms with Crippen molar-refractivity contribution in [3.05, 3.63) is 83.6 Å². The van der Waals surface area contributed by atoms with Gasteiger partial charge in [-0.05, 0) is 42.0 Å². The van der Waals surface area contributed by atoms with Crippen LogP contribution in [0.1, 0.15) is 21.6 Å². The molecule has 128 valence electrons. The van der Waals surface area contributed by atoms with Crippen molar-refractivity contribution in [1.82, 2.24) is 9.97 Å². The van der Waals surface area contributed by atoms with E-state index in [0.717, 1.165) is 5.56 Å². The van der Waals surface area contributed by atoms with E-state index in [0.29, 0.717) is 23.6 Å². The summed E-state index contributed by atoms with van der Waals surface area (Å²) in [5, 5.41) is 14.5. The quantitative estimate of drug-likeness (QED) is 0.738. The fourth-order valence-electron chi connectivity index (χ4n) is 2.15. The highest BCUT2D eigenvalue weighted by atomic mass is 19.1. The van der Waals surface area contributed by atoms with Gasteiger partial charge in [-0.15, -0.1) is 0 Å². The fraction of sp³-hybridized carbons (Fsp3) is 0.0526. The van der Waals surface area contributed by atoms with Crippen LogP contribution >= 0.6 is 0 Å². The molecule has 1 amide bonds. The van der Waals surface area contributed by atoms with Crippen molar-refractivity contribution in [3.8, 4) is 6.07 Å². The highest BCUT2D eigenvalue weighted by Crippen LogP contribution is 2.11. The number of amides is 1. The number of aromatic nitrogens is 2. The van der Waals surface area contributed by atoms with Gasteiger partial charge in [0.05, 0.1) is 24.0 Å². The number of halogens is 1. The van der Waals surface area contributed by atoms with Crippen molar-refractivity contribution in [3.63, 3.8) is 0 Å². The van der Waals surface area contributed by atoms with E-state index in [-0.39, 0.29) is 11.5 Å². The Morgan fingerprint density at radius 3 is 2.38 bits per heavy atom. The van der Waals surface area contributed by atoms with Crippen molar-refractivity contribution in [1.29, 1.82) is 5.26 Å². The summed E-state index contributed by atoms with van der Waals surface area (Å²) >= 11 is 0. The summed E-state index contributed by atoms with van der Waals surface area (Å²) in [6, 6.07) is 14.7. The smallest absolute Gasteiger partial charge is 0.275 e. The topological polar surface area (TPSA) is 90.7 Å². The number of rotatable bonds is 5. The molecule has 6 nitrogen and oxygen atoms in total. The van der Waals surface area contributed by atoms with Gasteiger partial charge >= 0.3 is 0 Å². The molecule has 3 rings (SSSR count). The summed E-state index contributed by atoms with van der Waals surface area (Å²) in [6.07, 6.45) is 2.82. The van der Waals surface area contributed by atoms with Gasteiger partial charge in [0.1, 0.15) is 17.3 Å². The van der Waals surface area contributed by atoms with Crippen LogP contribution in [-0.2, 0) is 6.54 Å². The van der Waals surface area contributed by atoms with E-state index in [1.165, 1.54) is 24.5 Å². The van der Waals surface area contributed by atoms with Crippen molar-refractivity contribution < 1.29 is 9.18 Å². The molecule has 0 aliphatic rings. The van der Waals surface area contributed by atoms with Gasteiger partial charge in [0, 0.05) is 12.2 Å². The molecule has 1 aromatic heterocycles. The normalized spacial score (nSPS) is 10.0. The van der Waals surface area contributed by atoms with Crippen LogP contribution in [-0.4, -0.2) is 15.9 Å². The molecule has 0 saturated heterocycles. The van der Waals surface area contributed by atoms with Crippen LogP contribution in [0.25, 0.3) is 0 Å². The number of carbonyl (C=O) groups is 1. The summed E-state index contributed by atoms with van der Waals surface area (Å²) in [4.78, 5) is 20.4. The minimum Gasteiger partial charge on any atom is -0.365 e. The zero-order chi connectivity index (χ0) is 18.4. The van der Waals surface area contributed by atoms with E-state index in [2.05, 4.69) is 20.6 Å². The molecule has 7 heteroatoms. The predicted octanol–water partition coefficient (Wildman–Crippen LogP) is 3.35. The second kappa shape index (κ2) is 7.85. The monoisotopic (exact) mass is 347 g/mol.